The van der Waals surface area contributed by atoms with Crippen LogP contribution in [-0.4, -0.2) is 4.43 Å². The molecule has 0 saturated heterocycles. The van der Waals surface area contributed by atoms with Crippen molar-refractivity contribution in [3.63, 3.8) is 0 Å². The summed E-state index contributed by atoms with van der Waals surface area (Å²) < 4.78 is 1.26. The van der Waals surface area contributed by atoms with Gasteiger partial charge >= 0.3 is 0 Å². The highest BCUT2D eigenvalue weighted by molar-refractivity contribution is 14.1. The van der Waals surface area contributed by atoms with Gasteiger partial charge in [-0.3, -0.25) is 0 Å². The maximum Gasteiger partial charge on any atom is 0.00922 e. The zero-order chi connectivity index (χ0) is 12.6. The van der Waals surface area contributed by atoms with Gasteiger partial charge in [-0.1, -0.05) is 72.5 Å². The molecule has 0 saturated carbocycles. The molecule has 0 amide bonds. The maximum absolute atomic E-state index is 3.15. The number of allylic oxidation sites excluding steroid dienone is 2. The van der Waals surface area contributed by atoms with E-state index in [2.05, 4.69) is 53.2 Å². The highest BCUT2D eigenvalue weighted by Gasteiger charge is 1.83. The van der Waals surface area contributed by atoms with E-state index in [4.69, 9.17) is 0 Å². The molecule has 0 spiro atoms. The Bertz CT molecular complexity index is 293. The second-order valence-electron chi connectivity index (χ2n) is 3.93. The molecule has 0 aliphatic rings. The summed E-state index contributed by atoms with van der Waals surface area (Å²) in [6.45, 7) is 2.21. The first-order valence-electron chi connectivity index (χ1n) is 6.59. The van der Waals surface area contributed by atoms with E-state index < -0.39 is 0 Å². The minimum atomic E-state index is 1.02. The molecule has 94 valence electrons. The highest BCUT2D eigenvalue weighted by Crippen LogP contribution is 2.00. The summed E-state index contributed by atoms with van der Waals surface area (Å²) in [6.07, 6.45) is 13.4. The second kappa shape index (κ2) is 15.6. The van der Waals surface area contributed by atoms with Gasteiger partial charge in [-0.05, 0) is 35.8 Å². The van der Waals surface area contributed by atoms with Gasteiger partial charge in [0.2, 0.25) is 0 Å². The van der Waals surface area contributed by atoms with Crippen LogP contribution in [0.1, 0.15) is 58.3 Å². The number of alkyl halides is 1. The van der Waals surface area contributed by atoms with Crippen molar-refractivity contribution in [3.8, 4) is 23.7 Å². The topological polar surface area (TPSA) is 0 Å². The van der Waals surface area contributed by atoms with E-state index in [0.717, 1.165) is 12.8 Å². The van der Waals surface area contributed by atoms with Gasteiger partial charge in [-0.25, -0.2) is 0 Å². The van der Waals surface area contributed by atoms with Crippen LogP contribution in [0.5, 0.6) is 0 Å². The van der Waals surface area contributed by atoms with Crippen LogP contribution in [0.3, 0.4) is 0 Å². The Balaban J connectivity index is 3.42. The fourth-order valence-corrected chi connectivity index (χ4v) is 1.83. The van der Waals surface area contributed by atoms with Gasteiger partial charge in [0, 0.05) is 12.8 Å². The third kappa shape index (κ3) is 15.6. The van der Waals surface area contributed by atoms with Gasteiger partial charge in [-0.2, -0.15) is 0 Å². The van der Waals surface area contributed by atoms with Crippen LogP contribution in [0, 0.1) is 23.7 Å². The average Bonchev–Trinajstić information content (AvgIpc) is 2.35. The first-order valence-corrected chi connectivity index (χ1v) is 8.12. The summed E-state index contributed by atoms with van der Waals surface area (Å²) in [5.41, 5.74) is 0. The van der Waals surface area contributed by atoms with Crippen molar-refractivity contribution in [1.82, 2.24) is 0 Å². The van der Waals surface area contributed by atoms with E-state index in [-0.39, 0.29) is 0 Å². The number of hydrogen-bond acceptors (Lipinski definition) is 0. The predicted molar refractivity (Wildman–Crippen MR) is 86.2 cm³/mol. The van der Waals surface area contributed by atoms with Crippen LogP contribution in [-0.2, 0) is 0 Å². The number of halogens is 1. The van der Waals surface area contributed by atoms with Gasteiger partial charge in [-0.15, -0.1) is 0 Å². The average molecular weight is 342 g/mol. The van der Waals surface area contributed by atoms with Crippen LogP contribution in [0.2, 0.25) is 0 Å². The van der Waals surface area contributed by atoms with Crippen LogP contribution in [0.25, 0.3) is 0 Å². The van der Waals surface area contributed by atoms with E-state index in [9.17, 15) is 0 Å². The van der Waals surface area contributed by atoms with E-state index in [0.29, 0.717) is 0 Å². The fraction of sp³-hybridized carbons (Fsp3) is 0.625. The molecule has 0 atom stereocenters. The minimum absolute atomic E-state index is 1.02. The first-order chi connectivity index (χ1) is 8.41. The van der Waals surface area contributed by atoms with Crippen LogP contribution in [0.15, 0.2) is 12.2 Å². The lowest BCUT2D eigenvalue weighted by molar-refractivity contribution is 0.737. The summed E-state index contributed by atoms with van der Waals surface area (Å²) >= 11 is 2.42. The van der Waals surface area contributed by atoms with Crippen LogP contribution in [0.4, 0.5) is 0 Å². The Morgan fingerprint density at radius 2 is 1.41 bits per heavy atom. The van der Waals surface area contributed by atoms with E-state index in [1.54, 1.807) is 0 Å². The fourth-order valence-electron chi connectivity index (χ4n) is 1.29. The Morgan fingerprint density at radius 1 is 0.824 bits per heavy atom. The molecule has 0 bridgehead atoms. The molecule has 0 nitrogen and oxygen atoms in total. The molecule has 0 aromatic carbocycles. The first kappa shape index (κ1) is 16.6. The van der Waals surface area contributed by atoms with Crippen molar-refractivity contribution in [3.05, 3.63) is 12.2 Å². The number of rotatable bonds is 7. The molecule has 0 rings (SSSR count). The molecule has 0 radical (unpaired) electrons. The lowest BCUT2D eigenvalue weighted by Crippen LogP contribution is -1.75. The normalized spacial score (nSPS) is 9.53. The van der Waals surface area contributed by atoms with E-state index in [1.807, 2.05) is 12.2 Å². The molecule has 0 aliphatic heterocycles. The van der Waals surface area contributed by atoms with Crippen molar-refractivity contribution in [1.29, 1.82) is 0 Å². The van der Waals surface area contributed by atoms with Gasteiger partial charge in [0.1, 0.15) is 0 Å². The molecule has 0 fully saturated rings. The molecule has 17 heavy (non-hydrogen) atoms. The van der Waals surface area contributed by atoms with Gasteiger partial charge in [0.05, 0.1) is 0 Å². The smallest absolute Gasteiger partial charge is 0.00922 e. The second-order valence-corrected chi connectivity index (χ2v) is 5.01. The lowest BCUT2D eigenvalue weighted by atomic mass is 10.2. The van der Waals surface area contributed by atoms with E-state index in [1.165, 1.54) is 43.0 Å². The summed E-state index contributed by atoms with van der Waals surface area (Å²) in [5.74, 6) is 12.3. The quantitative estimate of drug-likeness (QED) is 0.261. The summed E-state index contributed by atoms with van der Waals surface area (Å²) in [4.78, 5) is 0. The summed E-state index contributed by atoms with van der Waals surface area (Å²) in [5, 5.41) is 0. The molecule has 0 aliphatic carbocycles. The molecule has 0 heterocycles. The monoisotopic (exact) mass is 342 g/mol. The molecule has 0 aromatic heterocycles. The maximum atomic E-state index is 3.15. The molecule has 0 unspecified atom stereocenters. The predicted octanol–water partition coefficient (Wildman–Crippen LogP) is 5.13. The zero-order valence-corrected chi connectivity index (χ0v) is 13.1. The Kier molecular flexibility index (Phi) is 15.2. The molecular weight excluding hydrogens is 319 g/mol. The number of unbranched alkanes of at least 4 members (excludes halogenated alkanes) is 6. The highest BCUT2D eigenvalue weighted by atomic mass is 127. The largest absolute Gasteiger partial charge is 0.0985 e. The standard InChI is InChI=1S/C16H23I/c1-2-3-4-5-6-7-8-9-10-11-12-13-14-15-16-17/h8-9H,2-5,12-16H2,1H3/b9-8-. The summed E-state index contributed by atoms with van der Waals surface area (Å²) in [6, 6.07) is 0. The minimum Gasteiger partial charge on any atom is -0.0985 e. The third-order valence-electron chi connectivity index (χ3n) is 2.29. The van der Waals surface area contributed by atoms with Gasteiger partial charge < -0.3 is 0 Å². The van der Waals surface area contributed by atoms with Crippen molar-refractivity contribution in [2.45, 2.75) is 58.3 Å². The molecule has 0 aromatic rings. The van der Waals surface area contributed by atoms with Crippen molar-refractivity contribution < 1.29 is 0 Å². The van der Waals surface area contributed by atoms with Crippen LogP contribution < -0.4 is 0 Å². The van der Waals surface area contributed by atoms with E-state index >= 15 is 0 Å². The number of hydrogen-bond donors (Lipinski definition) is 0. The Labute approximate surface area is 121 Å². The lowest BCUT2D eigenvalue weighted by Gasteiger charge is -1.90. The van der Waals surface area contributed by atoms with Crippen LogP contribution >= 0.6 is 22.6 Å². The van der Waals surface area contributed by atoms with Crippen molar-refractivity contribution in [2.75, 3.05) is 4.43 Å². The van der Waals surface area contributed by atoms with Crippen molar-refractivity contribution in [2.24, 2.45) is 0 Å². The molecular formula is C16H23I. The molecule has 1 heteroatoms. The SMILES string of the molecule is CCCCCC#C/C=C\C#CCCCCCI. The third-order valence-corrected chi connectivity index (χ3v) is 3.06. The van der Waals surface area contributed by atoms with Crippen molar-refractivity contribution >= 4 is 22.6 Å². The Hall–Kier alpha value is -0.410. The summed E-state index contributed by atoms with van der Waals surface area (Å²) in [7, 11) is 0. The van der Waals surface area contributed by atoms with Gasteiger partial charge in [0.25, 0.3) is 0 Å². The molecule has 0 N–H and O–H groups in total. The zero-order valence-electron chi connectivity index (χ0n) is 10.9. The Morgan fingerprint density at radius 3 is 1.94 bits per heavy atom. The van der Waals surface area contributed by atoms with Gasteiger partial charge in [0.15, 0.2) is 0 Å².